The number of fused-ring (bicyclic) bond motifs is 1. The van der Waals surface area contributed by atoms with Crippen LogP contribution in [-0.4, -0.2) is 26.0 Å². The zero-order valence-corrected chi connectivity index (χ0v) is 12.9. The van der Waals surface area contributed by atoms with Crippen LogP contribution in [0.15, 0.2) is 57.1 Å². The van der Waals surface area contributed by atoms with Gasteiger partial charge in [-0.15, -0.1) is 0 Å². The summed E-state index contributed by atoms with van der Waals surface area (Å²) in [6.07, 6.45) is 1.68. The van der Waals surface area contributed by atoms with E-state index in [2.05, 4.69) is 30.9 Å². The number of hydrogen-bond donors (Lipinski definition) is 1. The maximum absolute atomic E-state index is 11.1. The second-order valence-corrected chi connectivity index (χ2v) is 6.02. The van der Waals surface area contributed by atoms with Crippen LogP contribution in [0.25, 0.3) is 10.9 Å². The SMILES string of the molecule is O=C(O)c1nc(Sc2ccc(Br)cn2)c2ccccc2n1. The Bertz CT molecular complexity index is 824. The van der Waals surface area contributed by atoms with Crippen molar-refractivity contribution in [1.82, 2.24) is 15.0 Å². The summed E-state index contributed by atoms with van der Waals surface area (Å²) in [6.45, 7) is 0. The number of hydrogen-bond acceptors (Lipinski definition) is 5. The number of carboxylic acids is 1. The van der Waals surface area contributed by atoms with Gasteiger partial charge in [0.25, 0.3) is 0 Å². The Balaban J connectivity index is 2.11. The normalized spacial score (nSPS) is 10.7. The van der Waals surface area contributed by atoms with Gasteiger partial charge >= 0.3 is 5.97 Å². The van der Waals surface area contributed by atoms with E-state index in [4.69, 9.17) is 5.11 Å². The van der Waals surface area contributed by atoms with Crippen LogP contribution < -0.4 is 0 Å². The number of pyridine rings is 1. The molecule has 3 rings (SSSR count). The largest absolute Gasteiger partial charge is 0.475 e. The molecule has 0 radical (unpaired) electrons. The van der Waals surface area contributed by atoms with E-state index in [0.717, 1.165) is 14.9 Å². The molecule has 1 N–H and O–H groups in total. The molecule has 2 heterocycles. The first kappa shape index (κ1) is 14.0. The van der Waals surface area contributed by atoms with Crippen LogP contribution >= 0.6 is 27.7 Å². The molecule has 0 unspecified atom stereocenters. The Labute approximate surface area is 132 Å². The van der Waals surface area contributed by atoms with Crippen molar-refractivity contribution in [2.75, 3.05) is 0 Å². The van der Waals surface area contributed by atoms with Gasteiger partial charge in [0.1, 0.15) is 10.1 Å². The van der Waals surface area contributed by atoms with Gasteiger partial charge < -0.3 is 5.11 Å². The molecule has 0 aliphatic heterocycles. The fourth-order valence-electron chi connectivity index (χ4n) is 1.74. The second-order valence-electron chi connectivity index (χ2n) is 4.09. The van der Waals surface area contributed by atoms with E-state index in [0.29, 0.717) is 10.5 Å². The van der Waals surface area contributed by atoms with Crippen molar-refractivity contribution >= 4 is 44.6 Å². The standard InChI is InChI=1S/C14H8BrN3O2S/c15-8-5-6-11(16-7-8)21-13-9-3-1-2-4-10(9)17-12(18-13)14(19)20/h1-7H,(H,19,20). The van der Waals surface area contributed by atoms with E-state index in [-0.39, 0.29) is 5.82 Å². The molecule has 0 aliphatic carbocycles. The minimum atomic E-state index is -1.15. The number of aromatic carboxylic acids is 1. The molecule has 104 valence electrons. The summed E-state index contributed by atoms with van der Waals surface area (Å²) < 4.78 is 0.880. The number of nitrogens with zero attached hydrogens (tertiary/aromatic N) is 3. The van der Waals surface area contributed by atoms with Crippen molar-refractivity contribution in [1.29, 1.82) is 0 Å². The average Bonchev–Trinajstić information content (AvgIpc) is 2.49. The molecule has 0 aliphatic rings. The Morgan fingerprint density at radius 1 is 1.14 bits per heavy atom. The quantitative estimate of drug-likeness (QED) is 0.717. The Morgan fingerprint density at radius 2 is 1.95 bits per heavy atom. The molecular weight excluding hydrogens is 354 g/mol. The van der Waals surface area contributed by atoms with E-state index in [1.54, 1.807) is 12.3 Å². The molecule has 0 spiro atoms. The lowest BCUT2D eigenvalue weighted by Gasteiger charge is -2.06. The summed E-state index contributed by atoms with van der Waals surface area (Å²) in [4.78, 5) is 23.6. The number of aromatic nitrogens is 3. The lowest BCUT2D eigenvalue weighted by Crippen LogP contribution is -2.05. The van der Waals surface area contributed by atoms with Crippen molar-refractivity contribution in [2.45, 2.75) is 10.1 Å². The maximum Gasteiger partial charge on any atom is 0.373 e. The third-order valence-electron chi connectivity index (χ3n) is 2.66. The van der Waals surface area contributed by atoms with Crippen LogP contribution in [0.4, 0.5) is 0 Å². The van der Waals surface area contributed by atoms with Gasteiger partial charge in [0.05, 0.1) is 5.52 Å². The number of carboxylic acid groups (broad SMARTS) is 1. The smallest absolute Gasteiger partial charge is 0.373 e. The summed E-state index contributed by atoms with van der Waals surface area (Å²) in [5.74, 6) is -1.36. The van der Waals surface area contributed by atoms with E-state index in [1.165, 1.54) is 11.8 Å². The van der Waals surface area contributed by atoms with Crippen LogP contribution in [0, 0.1) is 0 Å². The number of halogens is 1. The molecule has 0 atom stereocenters. The van der Waals surface area contributed by atoms with E-state index in [9.17, 15) is 4.79 Å². The van der Waals surface area contributed by atoms with Crippen LogP contribution in [-0.2, 0) is 0 Å². The van der Waals surface area contributed by atoms with Gasteiger partial charge in [-0.25, -0.2) is 19.7 Å². The predicted octanol–water partition coefficient (Wildman–Crippen LogP) is 3.64. The lowest BCUT2D eigenvalue weighted by molar-refractivity contribution is 0.0683. The fourth-order valence-corrected chi connectivity index (χ4v) is 2.83. The van der Waals surface area contributed by atoms with Gasteiger partial charge in [-0.05, 0) is 45.9 Å². The molecular formula is C14H8BrN3O2S. The van der Waals surface area contributed by atoms with E-state index in [1.807, 2.05) is 30.3 Å². The minimum Gasteiger partial charge on any atom is -0.475 e. The van der Waals surface area contributed by atoms with Gasteiger partial charge in [0, 0.05) is 16.1 Å². The Kier molecular flexibility index (Phi) is 3.85. The third kappa shape index (κ3) is 3.03. The molecule has 0 saturated carbocycles. The number of rotatable bonds is 3. The summed E-state index contributed by atoms with van der Waals surface area (Å²) >= 11 is 4.64. The summed E-state index contributed by atoms with van der Waals surface area (Å²) in [5.41, 5.74) is 0.601. The topological polar surface area (TPSA) is 76.0 Å². The lowest BCUT2D eigenvalue weighted by atomic mass is 10.2. The molecule has 0 saturated heterocycles. The first-order chi connectivity index (χ1) is 10.1. The number of benzene rings is 1. The zero-order valence-electron chi connectivity index (χ0n) is 10.5. The fraction of sp³-hybridized carbons (Fsp3) is 0. The molecule has 21 heavy (non-hydrogen) atoms. The second kappa shape index (κ2) is 5.79. The predicted molar refractivity (Wildman–Crippen MR) is 82.6 cm³/mol. The van der Waals surface area contributed by atoms with Crippen molar-refractivity contribution in [2.24, 2.45) is 0 Å². The van der Waals surface area contributed by atoms with Gasteiger partial charge in [0.15, 0.2) is 0 Å². The maximum atomic E-state index is 11.1. The van der Waals surface area contributed by atoms with Crippen molar-refractivity contribution in [3.8, 4) is 0 Å². The van der Waals surface area contributed by atoms with Crippen LogP contribution in [0.1, 0.15) is 10.6 Å². The highest BCUT2D eigenvalue weighted by Gasteiger charge is 2.13. The van der Waals surface area contributed by atoms with Crippen molar-refractivity contribution < 1.29 is 9.90 Å². The summed E-state index contributed by atoms with van der Waals surface area (Å²) in [7, 11) is 0. The zero-order chi connectivity index (χ0) is 14.8. The monoisotopic (exact) mass is 361 g/mol. The Morgan fingerprint density at radius 3 is 2.67 bits per heavy atom. The molecule has 0 fully saturated rings. The van der Waals surface area contributed by atoms with Crippen LogP contribution in [0.3, 0.4) is 0 Å². The molecule has 0 bridgehead atoms. The van der Waals surface area contributed by atoms with E-state index >= 15 is 0 Å². The van der Waals surface area contributed by atoms with E-state index < -0.39 is 5.97 Å². The Hall–Kier alpha value is -1.99. The van der Waals surface area contributed by atoms with Crippen LogP contribution in [0.5, 0.6) is 0 Å². The third-order valence-corrected chi connectivity index (χ3v) is 4.09. The average molecular weight is 362 g/mol. The highest BCUT2D eigenvalue weighted by molar-refractivity contribution is 9.10. The van der Waals surface area contributed by atoms with Gasteiger partial charge in [-0.3, -0.25) is 0 Å². The van der Waals surface area contributed by atoms with Crippen molar-refractivity contribution in [3.05, 3.63) is 52.9 Å². The van der Waals surface area contributed by atoms with Gasteiger partial charge in [0.2, 0.25) is 5.82 Å². The number of para-hydroxylation sites is 1. The highest BCUT2D eigenvalue weighted by atomic mass is 79.9. The minimum absolute atomic E-state index is 0.215. The highest BCUT2D eigenvalue weighted by Crippen LogP contribution is 2.30. The number of carbonyl (C=O) groups is 1. The van der Waals surface area contributed by atoms with Crippen molar-refractivity contribution in [3.63, 3.8) is 0 Å². The summed E-state index contributed by atoms with van der Waals surface area (Å²) in [6, 6.07) is 11.0. The first-order valence-corrected chi connectivity index (χ1v) is 7.54. The molecule has 7 heteroatoms. The first-order valence-electron chi connectivity index (χ1n) is 5.93. The van der Waals surface area contributed by atoms with Gasteiger partial charge in [-0.2, -0.15) is 0 Å². The molecule has 2 aromatic heterocycles. The van der Waals surface area contributed by atoms with Gasteiger partial charge in [-0.1, -0.05) is 18.2 Å². The van der Waals surface area contributed by atoms with Crippen LogP contribution in [0.2, 0.25) is 0 Å². The molecule has 3 aromatic rings. The molecule has 1 aromatic carbocycles. The summed E-state index contributed by atoms with van der Waals surface area (Å²) in [5, 5.41) is 11.2. The molecule has 5 nitrogen and oxygen atoms in total. The molecule has 0 amide bonds.